The summed E-state index contributed by atoms with van der Waals surface area (Å²) in [4.78, 5) is 27.8. The molecule has 2 aromatic carbocycles. The highest BCUT2D eigenvalue weighted by atomic mass is 19.1. The molecule has 4 nitrogen and oxygen atoms in total. The number of carbonyl (C=O) groups excluding carboxylic acids is 2. The van der Waals surface area contributed by atoms with Crippen LogP contribution in [0.2, 0.25) is 0 Å². The molecule has 0 saturated heterocycles. The Labute approximate surface area is 150 Å². The minimum absolute atomic E-state index is 0.274. The molecular formula is C21H18FNO3. The number of esters is 1. The van der Waals surface area contributed by atoms with E-state index < -0.39 is 17.9 Å². The van der Waals surface area contributed by atoms with Crippen molar-refractivity contribution in [1.82, 2.24) is 4.98 Å². The van der Waals surface area contributed by atoms with Gasteiger partial charge in [-0.1, -0.05) is 36.4 Å². The third-order valence-electron chi connectivity index (χ3n) is 4.11. The SMILES string of the molecule is Cc1[nH]c2ccccc2c1C(=O)[C@H](C)OC(=O)/C=C/c1ccccc1F. The van der Waals surface area contributed by atoms with Gasteiger partial charge >= 0.3 is 5.97 Å². The summed E-state index contributed by atoms with van der Waals surface area (Å²) in [5, 5.41) is 0.791. The van der Waals surface area contributed by atoms with Gasteiger partial charge in [-0.2, -0.15) is 0 Å². The zero-order valence-corrected chi connectivity index (χ0v) is 14.5. The van der Waals surface area contributed by atoms with Crippen LogP contribution in [-0.4, -0.2) is 22.8 Å². The average molecular weight is 351 g/mol. The number of halogens is 1. The molecular weight excluding hydrogens is 333 g/mol. The molecule has 0 unspecified atom stereocenters. The van der Waals surface area contributed by atoms with Gasteiger partial charge in [-0.15, -0.1) is 0 Å². The van der Waals surface area contributed by atoms with E-state index in [9.17, 15) is 14.0 Å². The molecule has 1 N–H and O–H groups in total. The Morgan fingerprint density at radius 1 is 1.12 bits per heavy atom. The number of benzene rings is 2. The first-order chi connectivity index (χ1) is 12.5. The van der Waals surface area contributed by atoms with Gasteiger partial charge in [0.15, 0.2) is 6.10 Å². The van der Waals surface area contributed by atoms with Gasteiger partial charge in [0.1, 0.15) is 5.82 Å². The smallest absolute Gasteiger partial charge is 0.331 e. The summed E-state index contributed by atoms with van der Waals surface area (Å²) < 4.78 is 18.7. The third kappa shape index (κ3) is 3.57. The van der Waals surface area contributed by atoms with Gasteiger partial charge in [0, 0.05) is 33.8 Å². The van der Waals surface area contributed by atoms with E-state index in [0.717, 1.165) is 22.7 Å². The van der Waals surface area contributed by atoms with Crippen LogP contribution in [0, 0.1) is 12.7 Å². The van der Waals surface area contributed by atoms with Crippen LogP contribution in [0.25, 0.3) is 17.0 Å². The van der Waals surface area contributed by atoms with E-state index in [0.29, 0.717) is 5.56 Å². The molecule has 1 aromatic heterocycles. The third-order valence-corrected chi connectivity index (χ3v) is 4.11. The number of para-hydroxylation sites is 1. The van der Waals surface area contributed by atoms with E-state index >= 15 is 0 Å². The number of hydrogen-bond acceptors (Lipinski definition) is 3. The summed E-state index contributed by atoms with van der Waals surface area (Å²) in [6, 6.07) is 13.5. The largest absolute Gasteiger partial charge is 0.451 e. The van der Waals surface area contributed by atoms with E-state index in [1.807, 2.05) is 24.3 Å². The first kappa shape index (κ1) is 17.6. The van der Waals surface area contributed by atoms with Crippen LogP contribution < -0.4 is 0 Å². The molecule has 0 aliphatic rings. The number of nitrogens with one attached hydrogen (secondary N) is 1. The maximum atomic E-state index is 13.5. The van der Waals surface area contributed by atoms with Gasteiger partial charge in [0.2, 0.25) is 5.78 Å². The van der Waals surface area contributed by atoms with Gasteiger partial charge in [-0.05, 0) is 32.1 Å². The first-order valence-electron chi connectivity index (χ1n) is 8.22. The summed E-state index contributed by atoms with van der Waals surface area (Å²) in [6.07, 6.45) is 1.49. The van der Waals surface area contributed by atoms with Crippen LogP contribution in [0.15, 0.2) is 54.6 Å². The fourth-order valence-corrected chi connectivity index (χ4v) is 2.83. The number of aromatic nitrogens is 1. The van der Waals surface area contributed by atoms with Crippen LogP contribution in [0.1, 0.15) is 28.5 Å². The first-order valence-corrected chi connectivity index (χ1v) is 8.22. The minimum Gasteiger partial charge on any atom is -0.451 e. The van der Waals surface area contributed by atoms with Gasteiger partial charge < -0.3 is 9.72 Å². The highest BCUT2D eigenvalue weighted by Crippen LogP contribution is 2.23. The van der Waals surface area contributed by atoms with Crippen LogP contribution in [0.4, 0.5) is 4.39 Å². The van der Waals surface area contributed by atoms with Crippen LogP contribution in [-0.2, 0) is 9.53 Å². The topological polar surface area (TPSA) is 59.2 Å². The fourth-order valence-electron chi connectivity index (χ4n) is 2.83. The highest BCUT2D eigenvalue weighted by Gasteiger charge is 2.23. The average Bonchev–Trinajstić information content (AvgIpc) is 2.96. The van der Waals surface area contributed by atoms with Gasteiger partial charge in [-0.25, -0.2) is 9.18 Å². The summed E-state index contributed by atoms with van der Waals surface area (Å²) in [5.41, 5.74) is 2.36. The summed E-state index contributed by atoms with van der Waals surface area (Å²) in [7, 11) is 0. The standard InChI is InChI=1S/C21H18FNO3/c1-13-20(16-8-4-6-10-18(16)23-13)21(25)14(2)26-19(24)12-11-15-7-3-5-9-17(15)22/h3-12,14,23H,1-2H3/b12-11+/t14-/m0/s1. The van der Waals surface area contributed by atoms with Crippen molar-refractivity contribution in [2.75, 3.05) is 0 Å². The zero-order valence-electron chi connectivity index (χ0n) is 14.5. The molecule has 0 fully saturated rings. The van der Waals surface area contributed by atoms with Crippen LogP contribution in [0.5, 0.6) is 0 Å². The predicted molar refractivity (Wildman–Crippen MR) is 98.4 cm³/mol. The van der Waals surface area contributed by atoms with Gasteiger partial charge in [0.05, 0.1) is 0 Å². The molecule has 132 valence electrons. The van der Waals surface area contributed by atoms with E-state index in [2.05, 4.69) is 4.98 Å². The number of hydrogen-bond donors (Lipinski definition) is 1. The van der Waals surface area contributed by atoms with Gasteiger partial charge in [0.25, 0.3) is 0 Å². The van der Waals surface area contributed by atoms with Crippen molar-refractivity contribution < 1.29 is 18.7 Å². The van der Waals surface area contributed by atoms with Gasteiger partial charge in [-0.3, -0.25) is 4.79 Å². The molecule has 3 rings (SSSR count). The summed E-state index contributed by atoms with van der Waals surface area (Å²) in [6.45, 7) is 3.33. The molecule has 1 atom stereocenters. The number of carbonyl (C=O) groups is 2. The zero-order chi connectivity index (χ0) is 18.7. The number of aryl methyl sites for hydroxylation is 1. The highest BCUT2D eigenvalue weighted by molar-refractivity contribution is 6.11. The molecule has 0 spiro atoms. The summed E-state index contributed by atoms with van der Waals surface area (Å²) in [5.74, 6) is -1.42. The van der Waals surface area contributed by atoms with Crippen molar-refractivity contribution in [1.29, 1.82) is 0 Å². The lowest BCUT2D eigenvalue weighted by molar-refractivity contribution is -0.140. The number of rotatable bonds is 5. The monoisotopic (exact) mass is 351 g/mol. The van der Waals surface area contributed by atoms with Crippen molar-refractivity contribution in [2.45, 2.75) is 20.0 Å². The van der Waals surface area contributed by atoms with E-state index in [-0.39, 0.29) is 11.3 Å². The van der Waals surface area contributed by atoms with E-state index in [1.165, 1.54) is 19.1 Å². The minimum atomic E-state index is -0.953. The molecule has 1 heterocycles. The molecule has 0 radical (unpaired) electrons. The van der Waals surface area contributed by atoms with Crippen LogP contribution in [0.3, 0.4) is 0 Å². The number of aromatic amines is 1. The fraction of sp³-hybridized carbons (Fsp3) is 0.143. The number of ether oxygens (including phenoxy) is 1. The normalized spacial score (nSPS) is 12.4. The Balaban J connectivity index is 1.74. The number of Topliss-reactive ketones (excluding diaryl/α,β-unsaturated/α-hetero) is 1. The molecule has 0 bridgehead atoms. The molecule has 0 saturated carbocycles. The van der Waals surface area contributed by atoms with Crippen molar-refractivity contribution in [3.05, 3.63) is 77.2 Å². The molecule has 0 aliphatic carbocycles. The Kier molecular flexibility index (Phi) is 4.98. The Bertz CT molecular complexity index is 1000. The quantitative estimate of drug-likeness (QED) is 0.420. The molecule has 26 heavy (non-hydrogen) atoms. The number of ketones is 1. The lowest BCUT2D eigenvalue weighted by Gasteiger charge is -2.11. The second kappa shape index (κ2) is 7.35. The lowest BCUT2D eigenvalue weighted by atomic mass is 10.0. The Morgan fingerprint density at radius 3 is 2.58 bits per heavy atom. The number of fused-ring (bicyclic) bond motifs is 1. The maximum absolute atomic E-state index is 13.5. The lowest BCUT2D eigenvalue weighted by Crippen LogP contribution is -2.24. The van der Waals surface area contributed by atoms with E-state index in [1.54, 1.807) is 25.1 Å². The second-order valence-corrected chi connectivity index (χ2v) is 5.97. The van der Waals surface area contributed by atoms with Crippen molar-refractivity contribution in [3.8, 4) is 0 Å². The van der Waals surface area contributed by atoms with E-state index in [4.69, 9.17) is 4.74 Å². The molecule has 5 heteroatoms. The second-order valence-electron chi connectivity index (χ2n) is 5.97. The molecule has 0 aliphatic heterocycles. The van der Waals surface area contributed by atoms with Crippen molar-refractivity contribution in [3.63, 3.8) is 0 Å². The number of H-pyrrole nitrogens is 1. The summed E-state index contributed by atoms with van der Waals surface area (Å²) >= 11 is 0. The Hall–Kier alpha value is -3.21. The molecule has 3 aromatic rings. The van der Waals surface area contributed by atoms with Crippen molar-refractivity contribution >= 4 is 28.7 Å². The molecule has 0 amide bonds. The Morgan fingerprint density at radius 2 is 1.81 bits per heavy atom. The maximum Gasteiger partial charge on any atom is 0.331 e. The van der Waals surface area contributed by atoms with Crippen LogP contribution >= 0.6 is 0 Å². The van der Waals surface area contributed by atoms with Crippen molar-refractivity contribution in [2.24, 2.45) is 0 Å². The predicted octanol–water partition coefficient (Wildman–Crippen LogP) is 4.44.